The van der Waals surface area contributed by atoms with Crippen molar-refractivity contribution in [3.05, 3.63) is 52.4 Å². The van der Waals surface area contributed by atoms with Crippen molar-refractivity contribution in [2.24, 2.45) is 5.92 Å². The molecule has 0 saturated carbocycles. The zero-order valence-corrected chi connectivity index (χ0v) is 16.6. The van der Waals surface area contributed by atoms with Crippen molar-refractivity contribution in [2.45, 2.75) is 33.2 Å². The van der Waals surface area contributed by atoms with Crippen LogP contribution in [-0.2, 0) is 16.1 Å². The first-order chi connectivity index (χ1) is 13.4. The molecule has 3 aromatic rings. The molecule has 0 aliphatic carbocycles. The standard InChI is InChI=1S/C20H22N4O3S/c1-13(2)11-18(26)23-15-5-3-14(4-6-15)22-17(25)7-9-24-12-21-19-16(20(24)27)8-10-28-19/h3-6,8,10,12-13H,7,9,11H2,1-2H3,(H,22,25)(H,23,26). The summed E-state index contributed by atoms with van der Waals surface area (Å²) in [7, 11) is 0. The van der Waals surface area contributed by atoms with Gasteiger partial charge in [-0.15, -0.1) is 11.3 Å². The third kappa shape index (κ3) is 5.04. The molecule has 0 saturated heterocycles. The number of aryl methyl sites for hydroxylation is 1. The van der Waals surface area contributed by atoms with Gasteiger partial charge in [-0.3, -0.25) is 19.0 Å². The first-order valence-corrected chi connectivity index (χ1v) is 9.93. The summed E-state index contributed by atoms with van der Waals surface area (Å²) in [6.45, 7) is 4.23. The van der Waals surface area contributed by atoms with Crippen LogP contribution in [-0.4, -0.2) is 21.4 Å². The number of nitrogens with zero attached hydrogens (tertiary/aromatic N) is 2. The molecule has 2 N–H and O–H groups in total. The van der Waals surface area contributed by atoms with Crippen LogP contribution in [0.5, 0.6) is 0 Å². The van der Waals surface area contributed by atoms with Gasteiger partial charge in [0, 0.05) is 30.8 Å². The van der Waals surface area contributed by atoms with E-state index in [1.54, 1.807) is 30.3 Å². The quantitative estimate of drug-likeness (QED) is 0.637. The van der Waals surface area contributed by atoms with Crippen LogP contribution in [0.4, 0.5) is 11.4 Å². The molecule has 2 amide bonds. The van der Waals surface area contributed by atoms with Crippen LogP contribution in [0.1, 0.15) is 26.7 Å². The number of rotatable bonds is 7. The highest BCUT2D eigenvalue weighted by atomic mass is 32.1. The van der Waals surface area contributed by atoms with E-state index < -0.39 is 0 Å². The van der Waals surface area contributed by atoms with Crippen molar-refractivity contribution in [3.63, 3.8) is 0 Å². The maximum atomic E-state index is 12.3. The van der Waals surface area contributed by atoms with E-state index in [2.05, 4.69) is 15.6 Å². The molecule has 0 atom stereocenters. The average molecular weight is 398 g/mol. The fourth-order valence-corrected chi connectivity index (χ4v) is 3.44. The second-order valence-corrected chi connectivity index (χ2v) is 7.80. The monoisotopic (exact) mass is 398 g/mol. The maximum Gasteiger partial charge on any atom is 0.262 e. The van der Waals surface area contributed by atoms with Crippen molar-refractivity contribution >= 4 is 44.7 Å². The highest BCUT2D eigenvalue weighted by Gasteiger charge is 2.09. The highest BCUT2D eigenvalue weighted by Crippen LogP contribution is 2.15. The Hall–Kier alpha value is -3.00. The van der Waals surface area contributed by atoms with Crippen LogP contribution in [0.2, 0.25) is 0 Å². The summed E-state index contributed by atoms with van der Waals surface area (Å²) in [4.78, 5) is 41.2. The highest BCUT2D eigenvalue weighted by molar-refractivity contribution is 7.16. The zero-order chi connectivity index (χ0) is 20.1. The van der Waals surface area contributed by atoms with Crippen LogP contribution in [0.3, 0.4) is 0 Å². The number of nitrogens with one attached hydrogen (secondary N) is 2. The second-order valence-electron chi connectivity index (χ2n) is 6.90. The van der Waals surface area contributed by atoms with E-state index in [9.17, 15) is 14.4 Å². The predicted molar refractivity (Wildman–Crippen MR) is 112 cm³/mol. The fourth-order valence-electron chi connectivity index (χ4n) is 2.72. The van der Waals surface area contributed by atoms with E-state index in [0.717, 1.165) is 0 Å². The van der Waals surface area contributed by atoms with Gasteiger partial charge in [0.2, 0.25) is 11.8 Å². The molecule has 28 heavy (non-hydrogen) atoms. The number of fused-ring (bicyclic) bond motifs is 1. The Morgan fingerprint density at radius 1 is 1.07 bits per heavy atom. The minimum absolute atomic E-state index is 0.0339. The molecule has 146 valence electrons. The summed E-state index contributed by atoms with van der Waals surface area (Å²) in [5.74, 6) is 0.0593. The number of benzene rings is 1. The van der Waals surface area contributed by atoms with Gasteiger partial charge in [-0.2, -0.15) is 0 Å². The lowest BCUT2D eigenvalue weighted by molar-refractivity contribution is -0.117. The molecule has 1 aromatic carbocycles. The van der Waals surface area contributed by atoms with Crippen LogP contribution in [0.15, 0.2) is 46.8 Å². The summed E-state index contributed by atoms with van der Waals surface area (Å²) < 4.78 is 1.45. The number of carbonyl (C=O) groups excluding carboxylic acids is 2. The molecule has 0 aliphatic rings. The Morgan fingerprint density at radius 2 is 1.71 bits per heavy atom. The van der Waals surface area contributed by atoms with Crippen molar-refractivity contribution in [2.75, 3.05) is 10.6 Å². The van der Waals surface area contributed by atoms with Gasteiger partial charge < -0.3 is 10.6 Å². The molecule has 0 unspecified atom stereocenters. The number of aromatic nitrogens is 2. The lowest BCUT2D eigenvalue weighted by atomic mass is 10.1. The van der Waals surface area contributed by atoms with Crippen LogP contribution in [0.25, 0.3) is 10.2 Å². The Balaban J connectivity index is 1.53. The largest absolute Gasteiger partial charge is 0.326 e. The number of thiophene rings is 1. The van der Waals surface area contributed by atoms with Gasteiger partial charge in [0.05, 0.1) is 11.7 Å². The van der Waals surface area contributed by atoms with E-state index in [1.807, 2.05) is 19.2 Å². The van der Waals surface area contributed by atoms with E-state index in [4.69, 9.17) is 0 Å². The number of amides is 2. The second kappa shape index (κ2) is 8.79. The van der Waals surface area contributed by atoms with Gasteiger partial charge in [-0.25, -0.2) is 4.98 Å². The normalized spacial score (nSPS) is 11.0. The van der Waals surface area contributed by atoms with Crippen LogP contribution >= 0.6 is 11.3 Å². The van der Waals surface area contributed by atoms with Gasteiger partial charge >= 0.3 is 0 Å². The Kier molecular flexibility index (Phi) is 6.20. The number of hydrogen-bond acceptors (Lipinski definition) is 5. The van der Waals surface area contributed by atoms with Crippen molar-refractivity contribution in [3.8, 4) is 0 Å². The van der Waals surface area contributed by atoms with Crippen molar-refractivity contribution in [1.82, 2.24) is 9.55 Å². The summed E-state index contributed by atoms with van der Waals surface area (Å²) in [5, 5.41) is 8.01. The van der Waals surface area contributed by atoms with Crippen molar-refractivity contribution < 1.29 is 9.59 Å². The minimum Gasteiger partial charge on any atom is -0.326 e. The molecule has 0 fully saturated rings. The van der Waals surface area contributed by atoms with Crippen LogP contribution < -0.4 is 16.2 Å². The average Bonchev–Trinajstić information content (AvgIpc) is 3.12. The maximum absolute atomic E-state index is 12.3. The summed E-state index contributed by atoms with van der Waals surface area (Å²) in [6.07, 6.45) is 2.09. The lowest BCUT2D eigenvalue weighted by Crippen LogP contribution is -2.23. The molecule has 0 bridgehead atoms. The van der Waals surface area contributed by atoms with Gasteiger partial charge in [-0.1, -0.05) is 13.8 Å². The van der Waals surface area contributed by atoms with Crippen molar-refractivity contribution in [1.29, 1.82) is 0 Å². The first kappa shape index (κ1) is 19.8. The third-order valence-corrected chi connectivity index (χ3v) is 4.90. The lowest BCUT2D eigenvalue weighted by Gasteiger charge is -2.09. The molecule has 7 nitrogen and oxygen atoms in total. The van der Waals surface area contributed by atoms with E-state index >= 15 is 0 Å². The molecule has 0 spiro atoms. The van der Waals surface area contributed by atoms with E-state index in [1.165, 1.54) is 22.2 Å². The van der Waals surface area contributed by atoms with Gasteiger partial charge in [-0.05, 0) is 41.6 Å². The number of anilines is 2. The summed E-state index contributed by atoms with van der Waals surface area (Å²) in [5.41, 5.74) is 1.18. The molecular formula is C20H22N4O3S. The number of hydrogen-bond donors (Lipinski definition) is 2. The Bertz CT molecular complexity index is 1040. The van der Waals surface area contributed by atoms with Gasteiger partial charge in [0.1, 0.15) is 4.83 Å². The Morgan fingerprint density at radius 3 is 2.36 bits per heavy atom. The zero-order valence-electron chi connectivity index (χ0n) is 15.8. The SMILES string of the molecule is CC(C)CC(=O)Nc1ccc(NC(=O)CCn2cnc3sccc3c2=O)cc1. The topological polar surface area (TPSA) is 93.1 Å². The minimum atomic E-state index is -0.200. The molecule has 8 heteroatoms. The summed E-state index contributed by atoms with van der Waals surface area (Å²) in [6, 6.07) is 8.69. The number of carbonyl (C=O) groups is 2. The molecule has 2 heterocycles. The third-order valence-electron chi connectivity index (χ3n) is 4.08. The molecular weight excluding hydrogens is 376 g/mol. The van der Waals surface area contributed by atoms with E-state index in [0.29, 0.717) is 33.9 Å². The van der Waals surface area contributed by atoms with Crippen LogP contribution in [0, 0.1) is 5.92 Å². The molecule has 0 aliphatic heterocycles. The predicted octanol–water partition coefficient (Wildman–Crippen LogP) is 3.47. The molecule has 0 radical (unpaired) electrons. The Labute approximate surface area is 166 Å². The van der Waals surface area contributed by atoms with E-state index in [-0.39, 0.29) is 30.3 Å². The molecule has 2 aromatic heterocycles. The van der Waals surface area contributed by atoms with Gasteiger partial charge in [0.15, 0.2) is 0 Å². The first-order valence-electron chi connectivity index (χ1n) is 9.05. The van der Waals surface area contributed by atoms with Gasteiger partial charge in [0.25, 0.3) is 5.56 Å². The summed E-state index contributed by atoms with van der Waals surface area (Å²) >= 11 is 1.41. The smallest absolute Gasteiger partial charge is 0.262 e. The molecule has 3 rings (SSSR count). The fraction of sp³-hybridized carbons (Fsp3) is 0.300.